The first-order valence-corrected chi connectivity index (χ1v) is 7.01. The largest absolute Gasteiger partial charge is 0.496 e. The fraction of sp³-hybridized carbons (Fsp3) is 0.235. The van der Waals surface area contributed by atoms with Crippen LogP contribution >= 0.6 is 0 Å². The number of fused-ring (bicyclic) bond motifs is 1. The predicted molar refractivity (Wildman–Crippen MR) is 82.5 cm³/mol. The molecular weight excluding hydrogens is 264 g/mol. The van der Waals surface area contributed by atoms with Crippen LogP contribution in [0.2, 0.25) is 0 Å². The third-order valence-corrected chi connectivity index (χ3v) is 3.76. The van der Waals surface area contributed by atoms with Gasteiger partial charge in [0, 0.05) is 18.1 Å². The summed E-state index contributed by atoms with van der Waals surface area (Å²) < 4.78 is 7.21. The second-order valence-electron chi connectivity index (χ2n) is 4.88. The molecular formula is C17H18N2O2. The molecule has 3 rings (SSSR count). The van der Waals surface area contributed by atoms with Gasteiger partial charge >= 0.3 is 0 Å². The van der Waals surface area contributed by atoms with Crippen LogP contribution < -0.4 is 4.74 Å². The van der Waals surface area contributed by atoms with Crippen LogP contribution in [0.4, 0.5) is 0 Å². The zero-order chi connectivity index (χ0) is 14.8. The Hall–Kier alpha value is -2.33. The number of ether oxygens (including phenoxy) is 1. The third kappa shape index (κ3) is 2.28. The van der Waals surface area contributed by atoms with Gasteiger partial charge in [0.15, 0.2) is 0 Å². The molecule has 0 saturated heterocycles. The molecule has 108 valence electrons. The van der Waals surface area contributed by atoms with Crippen molar-refractivity contribution in [3.8, 4) is 5.75 Å². The molecule has 0 aliphatic heterocycles. The number of aliphatic hydroxyl groups is 1. The Kier molecular flexibility index (Phi) is 3.62. The van der Waals surface area contributed by atoms with Crippen molar-refractivity contribution < 1.29 is 9.84 Å². The molecule has 0 aliphatic carbocycles. The average molecular weight is 282 g/mol. The topological polar surface area (TPSA) is 47.3 Å². The fourth-order valence-electron chi connectivity index (χ4n) is 2.71. The second kappa shape index (κ2) is 5.58. The van der Waals surface area contributed by atoms with E-state index in [1.54, 1.807) is 13.3 Å². The Morgan fingerprint density at radius 2 is 1.90 bits per heavy atom. The molecule has 0 bridgehead atoms. The van der Waals surface area contributed by atoms with Gasteiger partial charge < -0.3 is 9.84 Å². The summed E-state index contributed by atoms with van der Waals surface area (Å²) in [4.78, 5) is 0. The van der Waals surface area contributed by atoms with Crippen LogP contribution in [0.15, 0.2) is 48.7 Å². The number of aliphatic hydroxyl groups excluding tert-OH is 1. The standard InChI is InChI=1S/C17H18N2O2/c1-3-19-15(10-11-18-19)17(20)14-8-9-16(21-2)13-7-5-4-6-12(13)14/h4-11,17,20H,3H2,1-2H3. The third-order valence-electron chi connectivity index (χ3n) is 3.76. The molecule has 3 aromatic rings. The van der Waals surface area contributed by atoms with Gasteiger partial charge in [0.2, 0.25) is 0 Å². The van der Waals surface area contributed by atoms with Gasteiger partial charge in [-0.3, -0.25) is 4.68 Å². The number of benzene rings is 2. The summed E-state index contributed by atoms with van der Waals surface area (Å²) in [6.45, 7) is 2.74. The quantitative estimate of drug-likeness (QED) is 0.799. The summed E-state index contributed by atoms with van der Waals surface area (Å²) in [5.41, 5.74) is 1.66. The van der Waals surface area contributed by atoms with E-state index < -0.39 is 6.10 Å². The van der Waals surface area contributed by atoms with Crippen LogP contribution in [0.3, 0.4) is 0 Å². The Labute approximate surface area is 123 Å². The van der Waals surface area contributed by atoms with E-state index in [2.05, 4.69) is 5.10 Å². The van der Waals surface area contributed by atoms with Crippen molar-refractivity contribution >= 4 is 10.8 Å². The molecule has 0 fully saturated rings. The van der Waals surface area contributed by atoms with Crippen molar-refractivity contribution in [3.63, 3.8) is 0 Å². The van der Waals surface area contributed by atoms with Crippen molar-refractivity contribution in [3.05, 3.63) is 59.9 Å². The molecule has 0 saturated carbocycles. The van der Waals surface area contributed by atoms with Gasteiger partial charge in [-0.15, -0.1) is 0 Å². The summed E-state index contributed by atoms with van der Waals surface area (Å²) in [7, 11) is 1.66. The van der Waals surface area contributed by atoms with Crippen LogP contribution in [0.5, 0.6) is 5.75 Å². The molecule has 0 radical (unpaired) electrons. The highest BCUT2D eigenvalue weighted by atomic mass is 16.5. The molecule has 1 atom stereocenters. The average Bonchev–Trinajstić information content (AvgIpc) is 3.01. The maximum atomic E-state index is 10.8. The van der Waals surface area contributed by atoms with Gasteiger partial charge in [0.05, 0.1) is 12.8 Å². The van der Waals surface area contributed by atoms with E-state index in [4.69, 9.17) is 4.74 Å². The number of aromatic nitrogens is 2. The summed E-state index contributed by atoms with van der Waals surface area (Å²) in [6, 6.07) is 13.6. The molecule has 1 aromatic heterocycles. The van der Waals surface area contributed by atoms with E-state index in [1.807, 2.05) is 54.1 Å². The minimum absolute atomic E-state index is 0.705. The fourth-order valence-corrected chi connectivity index (χ4v) is 2.71. The first-order valence-electron chi connectivity index (χ1n) is 7.01. The smallest absolute Gasteiger partial charge is 0.126 e. The zero-order valence-corrected chi connectivity index (χ0v) is 12.2. The van der Waals surface area contributed by atoms with E-state index in [0.717, 1.165) is 34.3 Å². The number of aryl methyl sites for hydroxylation is 1. The van der Waals surface area contributed by atoms with Gasteiger partial charge in [-0.25, -0.2) is 0 Å². The maximum Gasteiger partial charge on any atom is 0.126 e. The Morgan fingerprint density at radius 1 is 1.14 bits per heavy atom. The van der Waals surface area contributed by atoms with E-state index >= 15 is 0 Å². The lowest BCUT2D eigenvalue weighted by molar-refractivity contribution is 0.209. The summed E-state index contributed by atoms with van der Waals surface area (Å²) in [5.74, 6) is 0.811. The van der Waals surface area contributed by atoms with Gasteiger partial charge in [0.1, 0.15) is 11.9 Å². The molecule has 21 heavy (non-hydrogen) atoms. The molecule has 0 aliphatic rings. The minimum Gasteiger partial charge on any atom is -0.496 e. The molecule has 2 aromatic carbocycles. The van der Waals surface area contributed by atoms with Crippen LogP contribution in [0.1, 0.15) is 24.3 Å². The van der Waals surface area contributed by atoms with Crippen LogP contribution in [0.25, 0.3) is 10.8 Å². The van der Waals surface area contributed by atoms with Crippen molar-refractivity contribution in [2.75, 3.05) is 7.11 Å². The Balaban J connectivity index is 2.17. The van der Waals surface area contributed by atoms with Gasteiger partial charge in [-0.1, -0.05) is 30.3 Å². The van der Waals surface area contributed by atoms with Crippen LogP contribution in [-0.4, -0.2) is 22.0 Å². The molecule has 1 unspecified atom stereocenters. The SMILES string of the molecule is CCn1nccc1C(O)c1ccc(OC)c2ccccc12. The van der Waals surface area contributed by atoms with Crippen LogP contribution in [0, 0.1) is 0 Å². The van der Waals surface area contributed by atoms with Crippen molar-refractivity contribution in [1.82, 2.24) is 9.78 Å². The molecule has 0 amide bonds. The van der Waals surface area contributed by atoms with E-state index in [0.29, 0.717) is 0 Å². The number of nitrogens with zero attached hydrogens (tertiary/aromatic N) is 2. The lowest BCUT2D eigenvalue weighted by Gasteiger charge is -2.16. The normalized spacial score (nSPS) is 12.5. The number of hydrogen-bond acceptors (Lipinski definition) is 3. The van der Waals surface area contributed by atoms with Crippen molar-refractivity contribution in [2.24, 2.45) is 0 Å². The second-order valence-corrected chi connectivity index (χ2v) is 4.88. The predicted octanol–water partition coefficient (Wildman–Crippen LogP) is 3.15. The van der Waals surface area contributed by atoms with E-state index in [9.17, 15) is 5.11 Å². The number of rotatable bonds is 4. The van der Waals surface area contributed by atoms with E-state index in [1.165, 1.54) is 0 Å². The van der Waals surface area contributed by atoms with Gasteiger partial charge in [-0.05, 0) is 30.0 Å². The Bertz CT molecular complexity index is 764. The highest BCUT2D eigenvalue weighted by Gasteiger charge is 2.18. The van der Waals surface area contributed by atoms with E-state index in [-0.39, 0.29) is 0 Å². The molecule has 1 N–H and O–H groups in total. The first-order chi connectivity index (χ1) is 10.3. The first kappa shape index (κ1) is 13.6. The highest BCUT2D eigenvalue weighted by Crippen LogP contribution is 2.33. The zero-order valence-electron chi connectivity index (χ0n) is 12.2. The maximum absolute atomic E-state index is 10.8. The van der Waals surface area contributed by atoms with Crippen molar-refractivity contribution in [2.45, 2.75) is 19.6 Å². The monoisotopic (exact) mass is 282 g/mol. The minimum atomic E-state index is -0.705. The Morgan fingerprint density at radius 3 is 2.62 bits per heavy atom. The number of methoxy groups -OCH3 is 1. The number of hydrogen-bond donors (Lipinski definition) is 1. The summed E-state index contributed by atoms with van der Waals surface area (Å²) in [5, 5.41) is 17.0. The lowest BCUT2D eigenvalue weighted by atomic mass is 9.98. The molecule has 4 nitrogen and oxygen atoms in total. The van der Waals surface area contributed by atoms with Crippen molar-refractivity contribution in [1.29, 1.82) is 0 Å². The van der Waals surface area contributed by atoms with Gasteiger partial charge in [-0.2, -0.15) is 5.10 Å². The molecule has 1 heterocycles. The lowest BCUT2D eigenvalue weighted by Crippen LogP contribution is -2.09. The van der Waals surface area contributed by atoms with Gasteiger partial charge in [0.25, 0.3) is 0 Å². The summed E-state index contributed by atoms with van der Waals surface area (Å²) in [6.07, 6.45) is 1.01. The summed E-state index contributed by atoms with van der Waals surface area (Å²) >= 11 is 0. The van der Waals surface area contributed by atoms with Crippen LogP contribution in [-0.2, 0) is 6.54 Å². The highest BCUT2D eigenvalue weighted by molar-refractivity contribution is 5.91. The molecule has 0 spiro atoms. The molecule has 4 heteroatoms.